The lowest BCUT2D eigenvalue weighted by Gasteiger charge is -2.10. The molecule has 0 fully saturated rings. The van der Waals surface area contributed by atoms with Crippen molar-refractivity contribution < 1.29 is 4.79 Å². The Kier molecular flexibility index (Phi) is 5.95. The minimum Gasteiger partial charge on any atom is -0.384 e. The summed E-state index contributed by atoms with van der Waals surface area (Å²) < 4.78 is 0.924. The maximum absolute atomic E-state index is 12.3. The Morgan fingerprint density at radius 1 is 1.23 bits per heavy atom. The third-order valence-electron chi connectivity index (χ3n) is 3.13. The summed E-state index contributed by atoms with van der Waals surface area (Å²) in [6.07, 6.45) is 4.38. The van der Waals surface area contributed by atoms with Gasteiger partial charge in [0.05, 0.1) is 11.3 Å². The average molecular weight is 362 g/mol. The number of pyridine rings is 1. The molecule has 0 unspecified atom stereocenters. The molecule has 2 rings (SSSR count). The molecule has 0 radical (unpaired) electrons. The highest BCUT2D eigenvalue weighted by Gasteiger charge is 2.08. The number of hydrogen-bond acceptors (Lipinski definition) is 3. The second kappa shape index (κ2) is 7.94. The first kappa shape index (κ1) is 16.5. The van der Waals surface area contributed by atoms with E-state index < -0.39 is 0 Å². The quantitative estimate of drug-likeness (QED) is 0.792. The zero-order valence-electron chi connectivity index (χ0n) is 12.8. The van der Waals surface area contributed by atoms with Crippen molar-refractivity contribution in [2.45, 2.75) is 20.3 Å². The van der Waals surface area contributed by atoms with E-state index in [1.165, 1.54) is 0 Å². The molecule has 0 atom stereocenters. The summed E-state index contributed by atoms with van der Waals surface area (Å²) in [5.74, 6) is 0.474. The molecule has 4 nitrogen and oxygen atoms in total. The molecule has 0 spiro atoms. The molecule has 1 amide bonds. The SMILES string of the molecule is CC(C)CCNc1cncc(C(=O)Nc2cccc(Br)c2)c1. The fourth-order valence-corrected chi connectivity index (χ4v) is 2.33. The molecule has 2 aromatic rings. The van der Waals surface area contributed by atoms with E-state index in [1.54, 1.807) is 12.4 Å². The summed E-state index contributed by atoms with van der Waals surface area (Å²) >= 11 is 3.39. The van der Waals surface area contributed by atoms with Crippen LogP contribution in [0.5, 0.6) is 0 Å². The van der Waals surface area contributed by atoms with Crippen LogP contribution in [0.15, 0.2) is 47.2 Å². The number of nitrogens with zero attached hydrogens (tertiary/aromatic N) is 1. The van der Waals surface area contributed by atoms with Crippen LogP contribution in [0.4, 0.5) is 11.4 Å². The van der Waals surface area contributed by atoms with Gasteiger partial charge in [0.1, 0.15) is 0 Å². The van der Waals surface area contributed by atoms with Gasteiger partial charge in [0.25, 0.3) is 5.91 Å². The van der Waals surface area contributed by atoms with E-state index in [2.05, 4.69) is 45.4 Å². The second-order valence-corrected chi connectivity index (χ2v) is 6.45. The molecular weight excluding hydrogens is 342 g/mol. The molecule has 116 valence electrons. The lowest BCUT2D eigenvalue weighted by Crippen LogP contribution is -2.13. The fraction of sp³-hybridized carbons (Fsp3) is 0.294. The van der Waals surface area contributed by atoms with Crippen molar-refractivity contribution in [3.63, 3.8) is 0 Å². The highest BCUT2D eigenvalue weighted by Crippen LogP contribution is 2.17. The minimum absolute atomic E-state index is 0.168. The fourth-order valence-electron chi connectivity index (χ4n) is 1.94. The Morgan fingerprint density at radius 2 is 2.05 bits per heavy atom. The topological polar surface area (TPSA) is 54.0 Å². The summed E-state index contributed by atoms with van der Waals surface area (Å²) in [4.78, 5) is 16.4. The van der Waals surface area contributed by atoms with Crippen molar-refractivity contribution >= 4 is 33.2 Å². The lowest BCUT2D eigenvalue weighted by molar-refractivity contribution is 0.102. The van der Waals surface area contributed by atoms with Gasteiger partial charge in [0.15, 0.2) is 0 Å². The number of benzene rings is 1. The van der Waals surface area contributed by atoms with E-state index in [0.717, 1.165) is 28.8 Å². The Bertz CT molecular complexity index is 643. The van der Waals surface area contributed by atoms with E-state index >= 15 is 0 Å². The second-order valence-electron chi connectivity index (χ2n) is 5.54. The van der Waals surface area contributed by atoms with Crippen LogP contribution in [0.3, 0.4) is 0 Å². The molecule has 1 aromatic heterocycles. The summed E-state index contributed by atoms with van der Waals surface area (Å²) in [5.41, 5.74) is 2.15. The summed E-state index contributed by atoms with van der Waals surface area (Å²) in [6.45, 7) is 5.24. The number of aromatic nitrogens is 1. The Labute approximate surface area is 139 Å². The van der Waals surface area contributed by atoms with Crippen molar-refractivity contribution in [2.75, 3.05) is 17.2 Å². The molecule has 1 aromatic carbocycles. The van der Waals surface area contributed by atoms with Crippen molar-refractivity contribution in [3.8, 4) is 0 Å². The molecule has 0 aliphatic rings. The molecule has 0 bridgehead atoms. The highest BCUT2D eigenvalue weighted by molar-refractivity contribution is 9.10. The Balaban J connectivity index is 2.00. The van der Waals surface area contributed by atoms with E-state index in [-0.39, 0.29) is 5.91 Å². The van der Waals surface area contributed by atoms with Gasteiger partial charge in [0.2, 0.25) is 0 Å². The van der Waals surface area contributed by atoms with E-state index in [1.807, 2.05) is 30.3 Å². The van der Waals surface area contributed by atoms with Gasteiger partial charge < -0.3 is 10.6 Å². The first-order valence-corrected chi connectivity index (χ1v) is 8.10. The number of carbonyl (C=O) groups excluding carboxylic acids is 1. The smallest absolute Gasteiger partial charge is 0.257 e. The average Bonchev–Trinajstić information content (AvgIpc) is 2.47. The molecule has 5 heteroatoms. The van der Waals surface area contributed by atoms with Gasteiger partial charge in [-0.3, -0.25) is 9.78 Å². The van der Waals surface area contributed by atoms with Gasteiger partial charge >= 0.3 is 0 Å². The van der Waals surface area contributed by atoms with Gasteiger partial charge in [-0.1, -0.05) is 35.8 Å². The van der Waals surface area contributed by atoms with Gasteiger partial charge in [-0.15, -0.1) is 0 Å². The molecule has 22 heavy (non-hydrogen) atoms. The van der Waals surface area contributed by atoms with Gasteiger partial charge in [-0.05, 0) is 36.6 Å². The third kappa shape index (κ3) is 5.15. The standard InChI is InChI=1S/C17H20BrN3O/c1-12(2)6-7-20-16-8-13(10-19-11-16)17(22)21-15-5-3-4-14(18)9-15/h3-5,8-12,20H,6-7H2,1-2H3,(H,21,22). The summed E-state index contributed by atoms with van der Waals surface area (Å²) in [7, 11) is 0. The van der Waals surface area contributed by atoms with Crippen LogP contribution in [-0.4, -0.2) is 17.4 Å². The molecule has 1 heterocycles. The van der Waals surface area contributed by atoms with Crippen LogP contribution in [0.25, 0.3) is 0 Å². The largest absolute Gasteiger partial charge is 0.384 e. The number of rotatable bonds is 6. The number of nitrogens with one attached hydrogen (secondary N) is 2. The van der Waals surface area contributed by atoms with Crippen molar-refractivity contribution in [2.24, 2.45) is 5.92 Å². The highest BCUT2D eigenvalue weighted by atomic mass is 79.9. The Hall–Kier alpha value is -1.88. The van der Waals surface area contributed by atoms with Crippen LogP contribution in [0, 0.1) is 5.92 Å². The molecule has 0 aliphatic heterocycles. The normalized spacial score (nSPS) is 10.5. The number of amides is 1. The zero-order chi connectivity index (χ0) is 15.9. The van der Waals surface area contributed by atoms with E-state index in [0.29, 0.717) is 11.5 Å². The number of carbonyl (C=O) groups is 1. The minimum atomic E-state index is -0.168. The third-order valence-corrected chi connectivity index (χ3v) is 3.63. The monoisotopic (exact) mass is 361 g/mol. The van der Waals surface area contributed by atoms with E-state index in [9.17, 15) is 4.79 Å². The molecule has 2 N–H and O–H groups in total. The summed E-state index contributed by atoms with van der Waals surface area (Å²) in [5, 5.41) is 6.16. The van der Waals surface area contributed by atoms with Gasteiger partial charge in [-0.2, -0.15) is 0 Å². The number of anilines is 2. The number of hydrogen-bond donors (Lipinski definition) is 2. The van der Waals surface area contributed by atoms with Crippen LogP contribution >= 0.6 is 15.9 Å². The molecule has 0 saturated heterocycles. The molecular formula is C17H20BrN3O. The summed E-state index contributed by atoms with van der Waals surface area (Å²) in [6, 6.07) is 9.32. The van der Waals surface area contributed by atoms with Crippen LogP contribution in [0.2, 0.25) is 0 Å². The van der Waals surface area contributed by atoms with Gasteiger partial charge in [0, 0.05) is 29.1 Å². The van der Waals surface area contributed by atoms with Gasteiger partial charge in [-0.25, -0.2) is 0 Å². The predicted octanol–water partition coefficient (Wildman–Crippen LogP) is 4.55. The maximum Gasteiger partial charge on any atom is 0.257 e. The predicted molar refractivity (Wildman–Crippen MR) is 94.3 cm³/mol. The van der Waals surface area contributed by atoms with Crippen LogP contribution < -0.4 is 10.6 Å². The van der Waals surface area contributed by atoms with E-state index in [4.69, 9.17) is 0 Å². The first-order chi connectivity index (χ1) is 10.5. The first-order valence-electron chi connectivity index (χ1n) is 7.30. The molecule has 0 aliphatic carbocycles. The lowest BCUT2D eigenvalue weighted by atomic mass is 10.1. The van der Waals surface area contributed by atoms with Crippen molar-refractivity contribution in [1.82, 2.24) is 4.98 Å². The zero-order valence-corrected chi connectivity index (χ0v) is 14.4. The maximum atomic E-state index is 12.3. The van der Waals surface area contributed by atoms with Crippen molar-refractivity contribution in [3.05, 3.63) is 52.8 Å². The van der Waals surface area contributed by atoms with Crippen LogP contribution in [-0.2, 0) is 0 Å². The number of halogens is 1. The molecule has 0 saturated carbocycles. The Morgan fingerprint density at radius 3 is 2.77 bits per heavy atom. The van der Waals surface area contributed by atoms with Crippen molar-refractivity contribution in [1.29, 1.82) is 0 Å². The van der Waals surface area contributed by atoms with Crippen LogP contribution in [0.1, 0.15) is 30.6 Å².